The molecule has 34 heavy (non-hydrogen) atoms. The van der Waals surface area contributed by atoms with E-state index < -0.39 is 6.04 Å². The van der Waals surface area contributed by atoms with Gasteiger partial charge in [0.1, 0.15) is 5.58 Å². The zero-order chi connectivity index (χ0) is 24.6. The van der Waals surface area contributed by atoms with Crippen molar-refractivity contribution in [1.29, 1.82) is 0 Å². The number of aryl methyl sites for hydroxylation is 2. The van der Waals surface area contributed by atoms with Crippen molar-refractivity contribution >= 4 is 16.9 Å². The lowest BCUT2D eigenvalue weighted by Crippen LogP contribution is -2.31. The summed E-state index contributed by atoms with van der Waals surface area (Å²) in [4.78, 5) is 29.0. The number of carbonyl (C=O) groups excluding carboxylic acids is 1. The molecule has 1 amide bonds. The van der Waals surface area contributed by atoms with Crippen molar-refractivity contribution in [2.75, 3.05) is 27.4 Å². The predicted molar refractivity (Wildman–Crippen MR) is 130 cm³/mol. The highest BCUT2D eigenvalue weighted by atomic mass is 16.5. The first kappa shape index (κ1) is 23.8. The van der Waals surface area contributed by atoms with Crippen LogP contribution in [-0.4, -0.2) is 44.3 Å². The largest absolute Gasteiger partial charge is 0.493 e. The van der Waals surface area contributed by atoms with Gasteiger partial charge in [0, 0.05) is 13.2 Å². The molecule has 1 atom stereocenters. The number of hydrogen-bond acceptors (Lipinski definition) is 6. The Morgan fingerprint density at radius 1 is 1.00 bits per heavy atom. The average Bonchev–Trinajstić information content (AvgIpc) is 3.09. The molecule has 1 aliphatic heterocycles. The molecule has 0 aliphatic carbocycles. The van der Waals surface area contributed by atoms with Crippen molar-refractivity contribution < 1.29 is 23.4 Å². The summed E-state index contributed by atoms with van der Waals surface area (Å²) in [5, 5.41) is 0.477. The minimum atomic E-state index is -0.594. The van der Waals surface area contributed by atoms with Crippen LogP contribution in [0.2, 0.25) is 0 Å². The van der Waals surface area contributed by atoms with Gasteiger partial charge in [0.2, 0.25) is 5.76 Å². The van der Waals surface area contributed by atoms with Gasteiger partial charge >= 0.3 is 0 Å². The number of fused-ring (bicyclic) bond motifs is 2. The second-order valence-electron chi connectivity index (χ2n) is 8.90. The summed E-state index contributed by atoms with van der Waals surface area (Å²) in [6.07, 6.45) is 0.737. The van der Waals surface area contributed by atoms with E-state index in [9.17, 15) is 9.59 Å². The number of benzene rings is 2. The van der Waals surface area contributed by atoms with Crippen LogP contribution in [0.25, 0.3) is 11.0 Å². The molecule has 0 N–H and O–H groups in total. The third-order valence-electron chi connectivity index (χ3n) is 6.30. The fraction of sp³-hybridized carbons (Fsp3) is 0.407. The van der Waals surface area contributed by atoms with Crippen LogP contribution in [0.5, 0.6) is 11.5 Å². The SMILES string of the molecule is COc1ccc([C@H]2c3c(oc4cc(C)c(C)cc4c3=O)C(=O)N2CCCOC(C)C)cc1OC. The molecular formula is C27H31NO6. The van der Waals surface area contributed by atoms with Gasteiger partial charge in [-0.2, -0.15) is 0 Å². The third kappa shape index (κ3) is 4.16. The van der Waals surface area contributed by atoms with Gasteiger partial charge in [0.05, 0.1) is 37.3 Å². The number of methoxy groups -OCH3 is 2. The Kier molecular flexibility index (Phi) is 6.66. The second kappa shape index (κ2) is 9.50. The van der Waals surface area contributed by atoms with Crippen LogP contribution in [0.4, 0.5) is 0 Å². The summed E-state index contributed by atoms with van der Waals surface area (Å²) in [6, 6.07) is 8.52. The van der Waals surface area contributed by atoms with E-state index in [0.29, 0.717) is 47.6 Å². The fourth-order valence-corrected chi connectivity index (χ4v) is 4.43. The van der Waals surface area contributed by atoms with Crippen LogP contribution in [0, 0.1) is 13.8 Å². The van der Waals surface area contributed by atoms with Gasteiger partial charge in [-0.15, -0.1) is 0 Å². The van der Waals surface area contributed by atoms with Gasteiger partial charge in [-0.25, -0.2) is 0 Å². The molecule has 4 rings (SSSR count). The zero-order valence-electron chi connectivity index (χ0n) is 20.6. The van der Waals surface area contributed by atoms with Crippen LogP contribution < -0.4 is 14.9 Å². The van der Waals surface area contributed by atoms with Crippen molar-refractivity contribution in [1.82, 2.24) is 4.90 Å². The van der Waals surface area contributed by atoms with E-state index in [4.69, 9.17) is 18.6 Å². The van der Waals surface area contributed by atoms with Gasteiger partial charge < -0.3 is 23.5 Å². The number of rotatable bonds is 8. The molecule has 7 nitrogen and oxygen atoms in total. The molecule has 2 heterocycles. The number of hydrogen-bond donors (Lipinski definition) is 0. The molecule has 180 valence electrons. The minimum Gasteiger partial charge on any atom is -0.493 e. The maximum absolute atomic E-state index is 13.7. The van der Waals surface area contributed by atoms with Gasteiger partial charge in [-0.05, 0) is 75.1 Å². The highest BCUT2D eigenvalue weighted by molar-refractivity contribution is 5.99. The van der Waals surface area contributed by atoms with E-state index in [1.54, 1.807) is 25.2 Å². The first-order chi connectivity index (χ1) is 16.3. The topological polar surface area (TPSA) is 78.2 Å². The molecule has 2 aromatic carbocycles. The predicted octanol–water partition coefficient (Wildman–Crippen LogP) is 4.79. The second-order valence-corrected chi connectivity index (χ2v) is 8.90. The fourth-order valence-electron chi connectivity index (χ4n) is 4.43. The molecule has 0 fully saturated rings. The molecule has 3 aromatic rings. The quantitative estimate of drug-likeness (QED) is 0.445. The van der Waals surface area contributed by atoms with Crippen molar-refractivity contribution in [2.24, 2.45) is 0 Å². The highest BCUT2D eigenvalue weighted by Crippen LogP contribution is 2.41. The summed E-state index contributed by atoms with van der Waals surface area (Å²) < 4.78 is 22.6. The van der Waals surface area contributed by atoms with Crippen LogP contribution in [-0.2, 0) is 4.74 Å². The van der Waals surface area contributed by atoms with Gasteiger partial charge in [0.25, 0.3) is 5.91 Å². The van der Waals surface area contributed by atoms with Crippen LogP contribution in [0.3, 0.4) is 0 Å². The van der Waals surface area contributed by atoms with E-state index >= 15 is 0 Å². The maximum Gasteiger partial charge on any atom is 0.290 e. The molecule has 1 aliphatic rings. The maximum atomic E-state index is 13.7. The molecule has 0 saturated carbocycles. The smallest absolute Gasteiger partial charge is 0.290 e. The van der Waals surface area contributed by atoms with Crippen LogP contribution in [0.1, 0.15) is 59.1 Å². The average molecular weight is 466 g/mol. The van der Waals surface area contributed by atoms with E-state index in [1.807, 2.05) is 52.0 Å². The Morgan fingerprint density at radius 3 is 2.38 bits per heavy atom. The lowest BCUT2D eigenvalue weighted by Gasteiger charge is -2.26. The Hall–Kier alpha value is -3.32. The molecule has 0 unspecified atom stereocenters. The van der Waals surface area contributed by atoms with Crippen molar-refractivity contribution in [2.45, 2.75) is 46.3 Å². The molecule has 0 spiro atoms. The first-order valence-corrected chi connectivity index (χ1v) is 11.5. The lowest BCUT2D eigenvalue weighted by atomic mass is 9.97. The van der Waals surface area contributed by atoms with Crippen molar-refractivity contribution in [3.63, 3.8) is 0 Å². The zero-order valence-corrected chi connectivity index (χ0v) is 20.6. The standard InChI is InChI=1S/C27H31NO6/c1-15(2)33-11-7-10-28-24(18-8-9-20(31-5)22(14-18)32-6)23-25(29)19-12-16(3)17(4)13-21(19)34-26(23)27(28)30/h8-9,12-15,24H,7,10-11H2,1-6H3/t24-/m0/s1. The summed E-state index contributed by atoms with van der Waals surface area (Å²) in [5.41, 5.74) is 3.35. The Bertz CT molecular complexity index is 1290. The molecule has 0 radical (unpaired) electrons. The van der Waals surface area contributed by atoms with Gasteiger partial charge in [-0.1, -0.05) is 6.07 Å². The van der Waals surface area contributed by atoms with Crippen molar-refractivity contribution in [3.8, 4) is 11.5 Å². The van der Waals surface area contributed by atoms with E-state index in [0.717, 1.165) is 16.7 Å². The summed E-state index contributed by atoms with van der Waals surface area (Å²) >= 11 is 0. The number of amides is 1. The molecular weight excluding hydrogens is 434 g/mol. The molecule has 7 heteroatoms. The van der Waals surface area contributed by atoms with E-state index in [2.05, 4.69) is 0 Å². The van der Waals surface area contributed by atoms with E-state index in [-0.39, 0.29) is 23.2 Å². The van der Waals surface area contributed by atoms with Crippen LogP contribution in [0.15, 0.2) is 39.5 Å². The number of carbonyl (C=O) groups is 1. The monoisotopic (exact) mass is 465 g/mol. The third-order valence-corrected chi connectivity index (χ3v) is 6.30. The number of nitrogens with zero attached hydrogens (tertiary/aromatic N) is 1. The van der Waals surface area contributed by atoms with Crippen LogP contribution >= 0.6 is 0 Å². The molecule has 0 saturated heterocycles. The highest BCUT2D eigenvalue weighted by Gasteiger charge is 2.42. The number of ether oxygens (including phenoxy) is 3. The Morgan fingerprint density at radius 2 is 1.71 bits per heavy atom. The summed E-state index contributed by atoms with van der Waals surface area (Å²) in [6.45, 7) is 8.79. The Labute approximate surface area is 199 Å². The van der Waals surface area contributed by atoms with Gasteiger partial charge in [-0.3, -0.25) is 9.59 Å². The summed E-state index contributed by atoms with van der Waals surface area (Å²) in [5.74, 6) is 0.909. The minimum absolute atomic E-state index is 0.102. The first-order valence-electron chi connectivity index (χ1n) is 11.5. The lowest BCUT2D eigenvalue weighted by molar-refractivity contribution is 0.0593. The van der Waals surface area contributed by atoms with E-state index in [1.165, 1.54) is 0 Å². The normalized spacial score (nSPS) is 15.3. The Balaban J connectivity index is 1.87. The summed E-state index contributed by atoms with van der Waals surface area (Å²) in [7, 11) is 3.13. The molecule has 1 aromatic heterocycles. The van der Waals surface area contributed by atoms with Gasteiger partial charge in [0.15, 0.2) is 16.9 Å². The van der Waals surface area contributed by atoms with Crippen molar-refractivity contribution in [3.05, 3.63) is 68.6 Å². The molecule has 0 bridgehead atoms.